The van der Waals surface area contributed by atoms with Crippen molar-refractivity contribution in [1.29, 1.82) is 0 Å². The highest BCUT2D eigenvalue weighted by molar-refractivity contribution is 5.69. The average molecular weight is 394 g/mol. The monoisotopic (exact) mass is 394 g/mol. The minimum Gasteiger partial charge on any atom is -0.445 e. The predicted octanol–water partition coefficient (Wildman–Crippen LogP) is 4.27. The lowest BCUT2D eigenvalue weighted by Crippen LogP contribution is -2.46. The van der Waals surface area contributed by atoms with Gasteiger partial charge in [0.2, 0.25) is 0 Å². The molecule has 1 heterocycles. The summed E-state index contributed by atoms with van der Waals surface area (Å²) in [6.45, 7) is 1.35. The van der Waals surface area contributed by atoms with Crippen molar-refractivity contribution in [3.8, 4) is 0 Å². The van der Waals surface area contributed by atoms with Crippen LogP contribution in [0.3, 0.4) is 0 Å². The van der Waals surface area contributed by atoms with Crippen molar-refractivity contribution in [2.75, 3.05) is 13.1 Å². The summed E-state index contributed by atoms with van der Waals surface area (Å²) in [4.78, 5) is 26.3. The third-order valence-corrected chi connectivity index (χ3v) is 4.59. The largest absolute Gasteiger partial charge is 0.445 e. The van der Waals surface area contributed by atoms with Gasteiger partial charge in [0.1, 0.15) is 13.2 Å². The summed E-state index contributed by atoms with van der Waals surface area (Å²) in [5.74, 6) is 0. The third kappa shape index (κ3) is 6.99. The summed E-state index contributed by atoms with van der Waals surface area (Å²) in [7, 11) is 0. The number of hydrogen-bond acceptors (Lipinski definition) is 4. The number of benzene rings is 2. The van der Waals surface area contributed by atoms with Crippen LogP contribution in [0, 0.1) is 0 Å². The van der Waals surface area contributed by atoms with Crippen LogP contribution in [0.25, 0.3) is 0 Å². The Morgan fingerprint density at radius 3 is 2.17 bits per heavy atom. The van der Waals surface area contributed by atoms with Crippen molar-refractivity contribution in [2.24, 2.45) is 0 Å². The molecule has 2 amide bonds. The van der Waals surface area contributed by atoms with Gasteiger partial charge < -0.3 is 19.7 Å². The number of nitrogens with zero attached hydrogens (tertiary/aromatic N) is 1. The Morgan fingerprint density at radius 1 is 0.897 bits per heavy atom. The minimum absolute atomic E-state index is 0.206. The van der Waals surface area contributed by atoms with E-state index in [0.717, 1.165) is 17.5 Å². The molecule has 0 aliphatic carbocycles. The molecule has 0 fully saturated rings. The van der Waals surface area contributed by atoms with E-state index in [1.165, 1.54) is 0 Å². The lowest BCUT2D eigenvalue weighted by atomic mass is 10.1. The molecule has 1 N–H and O–H groups in total. The zero-order valence-corrected chi connectivity index (χ0v) is 16.3. The molecular formula is C23H26N2O4. The van der Waals surface area contributed by atoms with E-state index in [-0.39, 0.29) is 25.3 Å². The fourth-order valence-corrected chi connectivity index (χ4v) is 3.05. The lowest BCUT2D eigenvalue weighted by molar-refractivity contribution is 0.0902. The molecule has 6 nitrogen and oxygen atoms in total. The maximum atomic E-state index is 12.5. The maximum absolute atomic E-state index is 12.5. The van der Waals surface area contributed by atoms with Gasteiger partial charge in [-0.25, -0.2) is 9.59 Å². The highest BCUT2D eigenvalue weighted by Crippen LogP contribution is 2.10. The Kier molecular flexibility index (Phi) is 7.69. The van der Waals surface area contributed by atoms with Crippen molar-refractivity contribution < 1.29 is 19.1 Å². The third-order valence-electron chi connectivity index (χ3n) is 4.59. The van der Waals surface area contributed by atoms with Gasteiger partial charge in [0, 0.05) is 13.1 Å². The zero-order chi connectivity index (χ0) is 20.3. The van der Waals surface area contributed by atoms with Crippen molar-refractivity contribution in [3.63, 3.8) is 0 Å². The number of ether oxygens (including phenoxy) is 2. The highest BCUT2D eigenvalue weighted by Gasteiger charge is 2.22. The van der Waals surface area contributed by atoms with Gasteiger partial charge in [-0.1, -0.05) is 72.8 Å². The summed E-state index contributed by atoms with van der Waals surface area (Å²) < 4.78 is 10.7. The first-order chi connectivity index (χ1) is 14.2. The average Bonchev–Trinajstić information content (AvgIpc) is 2.74. The Morgan fingerprint density at radius 2 is 1.52 bits per heavy atom. The molecule has 0 bridgehead atoms. The van der Waals surface area contributed by atoms with Crippen LogP contribution in [0.4, 0.5) is 9.59 Å². The topological polar surface area (TPSA) is 67.9 Å². The van der Waals surface area contributed by atoms with Crippen LogP contribution >= 0.6 is 0 Å². The normalized spacial score (nSPS) is 17.5. The van der Waals surface area contributed by atoms with Crippen LogP contribution in [-0.2, 0) is 22.7 Å². The quantitative estimate of drug-likeness (QED) is 0.769. The summed E-state index contributed by atoms with van der Waals surface area (Å²) in [5, 5.41) is 2.85. The molecule has 3 rings (SSSR count). The molecule has 0 saturated heterocycles. The Balaban J connectivity index is 1.50. The van der Waals surface area contributed by atoms with E-state index in [4.69, 9.17) is 9.47 Å². The number of carbonyl (C=O) groups excluding carboxylic acids is 2. The van der Waals surface area contributed by atoms with Crippen LogP contribution in [0.2, 0.25) is 0 Å². The molecule has 1 aliphatic heterocycles. The second-order valence-corrected chi connectivity index (χ2v) is 6.88. The van der Waals surface area contributed by atoms with Gasteiger partial charge in [-0.3, -0.25) is 0 Å². The second-order valence-electron chi connectivity index (χ2n) is 6.88. The standard InChI is InChI=1S/C23H26N2O4/c26-22(28-17-19-10-4-1-5-11-19)24-21-14-8-3-9-15-25(16-21)23(27)29-18-20-12-6-2-7-13-20/h1-8,10-13,21H,9,14-18H2,(H,24,26)/b8-3-/t21-/m1/s1. The molecule has 29 heavy (non-hydrogen) atoms. The minimum atomic E-state index is -0.495. The van der Waals surface area contributed by atoms with Crippen molar-refractivity contribution in [2.45, 2.75) is 32.1 Å². The lowest BCUT2D eigenvalue weighted by Gasteiger charge is -2.28. The Labute approximate surface area is 171 Å². The first-order valence-electron chi connectivity index (χ1n) is 9.78. The molecule has 0 radical (unpaired) electrons. The predicted molar refractivity (Wildman–Crippen MR) is 110 cm³/mol. The maximum Gasteiger partial charge on any atom is 0.410 e. The van der Waals surface area contributed by atoms with Gasteiger partial charge in [-0.15, -0.1) is 0 Å². The highest BCUT2D eigenvalue weighted by atomic mass is 16.6. The molecule has 1 atom stereocenters. The van der Waals surface area contributed by atoms with Gasteiger partial charge in [0.05, 0.1) is 6.04 Å². The van der Waals surface area contributed by atoms with Gasteiger partial charge in [0.25, 0.3) is 0 Å². The fourth-order valence-electron chi connectivity index (χ4n) is 3.05. The van der Waals surface area contributed by atoms with Gasteiger partial charge in [-0.2, -0.15) is 0 Å². The number of carbonyl (C=O) groups is 2. The summed E-state index contributed by atoms with van der Waals surface area (Å²) in [6, 6.07) is 18.8. The molecule has 0 saturated carbocycles. The van der Waals surface area contributed by atoms with E-state index in [0.29, 0.717) is 19.5 Å². The summed E-state index contributed by atoms with van der Waals surface area (Å²) >= 11 is 0. The van der Waals surface area contributed by atoms with E-state index in [1.807, 2.05) is 72.8 Å². The number of amides is 2. The van der Waals surface area contributed by atoms with Crippen LogP contribution in [0.15, 0.2) is 72.8 Å². The van der Waals surface area contributed by atoms with Gasteiger partial charge >= 0.3 is 12.2 Å². The summed E-state index contributed by atoms with van der Waals surface area (Å²) in [5.41, 5.74) is 1.86. The summed E-state index contributed by atoms with van der Waals surface area (Å²) in [6.07, 6.45) is 4.54. The van der Waals surface area contributed by atoms with E-state index >= 15 is 0 Å². The molecule has 2 aromatic carbocycles. The molecule has 2 aromatic rings. The molecular weight excluding hydrogens is 368 g/mol. The molecule has 0 unspecified atom stereocenters. The van der Waals surface area contributed by atoms with Gasteiger partial charge in [0.15, 0.2) is 0 Å². The van der Waals surface area contributed by atoms with Gasteiger partial charge in [-0.05, 0) is 24.0 Å². The van der Waals surface area contributed by atoms with E-state index in [2.05, 4.69) is 5.32 Å². The zero-order valence-electron chi connectivity index (χ0n) is 16.3. The smallest absolute Gasteiger partial charge is 0.410 e. The van der Waals surface area contributed by atoms with Crippen LogP contribution in [0.1, 0.15) is 24.0 Å². The number of alkyl carbamates (subject to hydrolysis) is 1. The van der Waals surface area contributed by atoms with Crippen LogP contribution in [0.5, 0.6) is 0 Å². The first kappa shape index (κ1) is 20.5. The Hall–Kier alpha value is -3.28. The van der Waals surface area contributed by atoms with Crippen molar-refractivity contribution >= 4 is 12.2 Å². The second kappa shape index (κ2) is 10.9. The van der Waals surface area contributed by atoms with Crippen molar-refractivity contribution in [3.05, 3.63) is 83.9 Å². The van der Waals surface area contributed by atoms with E-state index in [1.54, 1.807) is 4.90 Å². The number of nitrogens with one attached hydrogen (secondary N) is 1. The van der Waals surface area contributed by atoms with E-state index < -0.39 is 6.09 Å². The molecule has 1 aliphatic rings. The molecule has 0 spiro atoms. The number of hydrogen-bond donors (Lipinski definition) is 1. The molecule has 152 valence electrons. The number of rotatable bonds is 5. The van der Waals surface area contributed by atoms with Crippen molar-refractivity contribution in [1.82, 2.24) is 10.2 Å². The van der Waals surface area contributed by atoms with Crippen LogP contribution < -0.4 is 5.32 Å². The van der Waals surface area contributed by atoms with Crippen LogP contribution in [-0.4, -0.2) is 36.2 Å². The Bertz CT molecular complexity index is 808. The fraction of sp³-hybridized carbons (Fsp3) is 0.304. The first-order valence-corrected chi connectivity index (χ1v) is 9.78. The van der Waals surface area contributed by atoms with E-state index in [9.17, 15) is 9.59 Å². The molecule has 0 aromatic heterocycles. The SMILES string of the molecule is O=C(N[C@@H]1C/C=C\CCN(C(=O)OCc2ccccc2)C1)OCc1ccccc1. The molecule has 6 heteroatoms.